The number of carboxylic acid groups (broad SMARTS) is 1. The molecule has 0 bridgehead atoms. The first-order valence-electron chi connectivity index (χ1n) is 6.25. The van der Waals surface area contributed by atoms with Crippen molar-refractivity contribution in [1.29, 1.82) is 0 Å². The molecule has 0 aromatic carbocycles. The number of nitrogens with one attached hydrogen (secondary N) is 2. The van der Waals surface area contributed by atoms with E-state index in [-0.39, 0.29) is 15.7 Å². The fourth-order valence-corrected chi connectivity index (χ4v) is 3.74. The van der Waals surface area contributed by atoms with Gasteiger partial charge in [-0.1, -0.05) is 13.8 Å². The molecule has 9 heteroatoms. The summed E-state index contributed by atoms with van der Waals surface area (Å²) in [4.78, 5) is 22.5. The molecule has 1 atom stereocenters. The van der Waals surface area contributed by atoms with Crippen LogP contribution in [-0.2, 0) is 14.8 Å². The molecule has 0 radical (unpaired) electrons. The zero-order valence-corrected chi connectivity index (χ0v) is 13.5. The first-order valence-corrected chi connectivity index (χ1v) is 8.61. The van der Waals surface area contributed by atoms with Crippen molar-refractivity contribution in [2.24, 2.45) is 5.92 Å². The van der Waals surface area contributed by atoms with Gasteiger partial charge in [0.05, 0.1) is 11.6 Å². The highest BCUT2D eigenvalue weighted by atomic mass is 32.2. The summed E-state index contributed by atoms with van der Waals surface area (Å²) in [6.45, 7) is 5.73. The molecule has 1 rings (SSSR count). The van der Waals surface area contributed by atoms with Gasteiger partial charge in [0.15, 0.2) is 0 Å². The maximum absolute atomic E-state index is 12.0. The molecule has 118 valence electrons. The molecule has 0 aliphatic carbocycles. The molecule has 1 amide bonds. The van der Waals surface area contributed by atoms with E-state index in [9.17, 15) is 18.0 Å². The van der Waals surface area contributed by atoms with E-state index in [0.717, 1.165) is 17.4 Å². The van der Waals surface area contributed by atoms with E-state index in [0.29, 0.717) is 6.54 Å². The maximum Gasteiger partial charge on any atom is 0.336 e. The van der Waals surface area contributed by atoms with Crippen LogP contribution in [0.15, 0.2) is 15.7 Å². The Hall–Kier alpha value is -1.45. The van der Waals surface area contributed by atoms with E-state index in [4.69, 9.17) is 5.11 Å². The highest BCUT2D eigenvalue weighted by molar-refractivity contribution is 7.91. The lowest BCUT2D eigenvalue weighted by atomic mass is 10.2. The second-order valence-corrected chi connectivity index (χ2v) is 7.79. The zero-order valence-electron chi connectivity index (χ0n) is 11.9. The van der Waals surface area contributed by atoms with Gasteiger partial charge in [0.1, 0.15) is 4.21 Å². The maximum atomic E-state index is 12.0. The van der Waals surface area contributed by atoms with Crippen LogP contribution in [0.25, 0.3) is 0 Å². The van der Waals surface area contributed by atoms with Gasteiger partial charge in [0.2, 0.25) is 5.91 Å². The Labute approximate surface area is 127 Å². The van der Waals surface area contributed by atoms with Crippen molar-refractivity contribution in [2.75, 3.05) is 6.54 Å². The van der Waals surface area contributed by atoms with Crippen molar-refractivity contribution >= 4 is 33.2 Å². The minimum absolute atomic E-state index is 0.0997. The van der Waals surface area contributed by atoms with Gasteiger partial charge in [-0.05, 0) is 18.9 Å². The van der Waals surface area contributed by atoms with Crippen LogP contribution in [0.3, 0.4) is 0 Å². The molecule has 0 saturated heterocycles. The molecule has 3 N–H and O–H groups in total. The van der Waals surface area contributed by atoms with Gasteiger partial charge in [-0.25, -0.2) is 13.2 Å². The molecule has 21 heavy (non-hydrogen) atoms. The first-order chi connectivity index (χ1) is 9.63. The largest absolute Gasteiger partial charge is 0.478 e. The van der Waals surface area contributed by atoms with Gasteiger partial charge in [-0.3, -0.25) is 4.79 Å². The van der Waals surface area contributed by atoms with Gasteiger partial charge < -0.3 is 10.4 Å². The highest BCUT2D eigenvalue weighted by Crippen LogP contribution is 2.20. The highest BCUT2D eigenvalue weighted by Gasteiger charge is 2.24. The summed E-state index contributed by atoms with van der Waals surface area (Å²) in [5.41, 5.74) is -0.0997. The number of thiophene rings is 1. The van der Waals surface area contributed by atoms with Crippen LogP contribution in [0.2, 0.25) is 0 Å². The Morgan fingerprint density at radius 3 is 2.43 bits per heavy atom. The molecule has 0 aliphatic rings. The normalized spacial score (nSPS) is 13.1. The third-order valence-electron chi connectivity index (χ3n) is 2.50. The van der Waals surface area contributed by atoms with E-state index in [1.807, 2.05) is 13.8 Å². The molecule has 0 saturated carbocycles. The molecule has 7 nitrogen and oxygen atoms in total. The van der Waals surface area contributed by atoms with Crippen LogP contribution in [-0.4, -0.2) is 38.0 Å². The minimum Gasteiger partial charge on any atom is -0.478 e. The lowest BCUT2D eigenvalue weighted by Crippen LogP contribution is -2.45. The average molecular weight is 334 g/mol. The van der Waals surface area contributed by atoms with Crippen LogP contribution >= 0.6 is 11.3 Å². The van der Waals surface area contributed by atoms with E-state index >= 15 is 0 Å². The predicted octanol–water partition coefficient (Wildman–Crippen LogP) is 0.885. The molecular weight excluding hydrogens is 316 g/mol. The monoisotopic (exact) mass is 334 g/mol. The van der Waals surface area contributed by atoms with Crippen molar-refractivity contribution in [1.82, 2.24) is 10.0 Å². The smallest absolute Gasteiger partial charge is 0.336 e. The van der Waals surface area contributed by atoms with Gasteiger partial charge >= 0.3 is 5.97 Å². The zero-order chi connectivity index (χ0) is 16.2. The van der Waals surface area contributed by atoms with Crippen LogP contribution in [0.5, 0.6) is 0 Å². The van der Waals surface area contributed by atoms with Gasteiger partial charge in [-0.2, -0.15) is 4.72 Å². The molecule has 1 heterocycles. The van der Waals surface area contributed by atoms with Crippen molar-refractivity contribution in [3.05, 3.63) is 17.0 Å². The number of amides is 1. The number of carbonyl (C=O) groups is 2. The fraction of sp³-hybridized carbons (Fsp3) is 0.500. The van der Waals surface area contributed by atoms with Crippen molar-refractivity contribution in [3.63, 3.8) is 0 Å². The molecule has 0 spiro atoms. The molecule has 0 aliphatic heterocycles. The van der Waals surface area contributed by atoms with Crippen LogP contribution in [0.1, 0.15) is 31.1 Å². The van der Waals surface area contributed by atoms with E-state index in [1.165, 1.54) is 12.3 Å². The summed E-state index contributed by atoms with van der Waals surface area (Å²) in [7, 11) is -3.91. The van der Waals surface area contributed by atoms with Crippen molar-refractivity contribution < 1.29 is 23.1 Å². The van der Waals surface area contributed by atoms with Crippen molar-refractivity contribution in [3.8, 4) is 0 Å². The Balaban J connectivity index is 2.75. The summed E-state index contributed by atoms with van der Waals surface area (Å²) in [5, 5.41) is 12.6. The molecule has 0 fully saturated rings. The molecule has 1 aromatic heterocycles. The predicted molar refractivity (Wildman–Crippen MR) is 78.9 cm³/mol. The minimum atomic E-state index is -3.91. The topological polar surface area (TPSA) is 113 Å². The standard InChI is InChI=1S/C12H18N2O5S2/c1-7(2)5-13-11(15)8(3)14-21(18,19)10-4-9(6-20-10)12(16)17/h4,6-8,14H,5H2,1-3H3,(H,13,15)(H,16,17). The third kappa shape index (κ3) is 5.10. The number of carbonyl (C=O) groups excluding carboxylic acids is 1. The Kier molecular flexibility index (Phi) is 5.87. The quantitative estimate of drug-likeness (QED) is 0.685. The lowest BCUT2D eigenvalue weighted by Gasteiger charge is -2.14. The van der Waals surface area contributed by atoms with E-state index in [2.05, 4.69) is 10.0 Å². The van der Waals surface area contributed by atoms with Gasteiger partial charge in [0.25, 0.3) is 10.0 Å². The van der Waals surface area contributed by atoms with E-state index in [1.54, 1.807) is 0 Å². The number of carboxylic acids is 1. The van der Waals surface area contributed by atoms with E-state index < -0.39 is 27.9 Å². The SMILES string of the molecule is CC(C)CNC(=O)C(C)NS(=O)(=O)c1cc(C(=O)O)cs1. The molecule has 1 unspecified atom stereocenters. The number of sulfonamides is 1. The summed E-state index contributed by atoms with van der Waals surface area (Å²) in [6.07, 6.45) is 0. The Morgan fingerprint density at radius 1 is 1.33 bits per heavy atom. The summed E-state index contributed by atoms with van der Waals surface area (Å²) in [6, 6.07) is 0.123. The Bertz CT molecular complexity index is 621. The summed E-state index contributed by atoms with van der Waals surface area (Å²) >= 11 is 0.794. The fourth-order valence-electron chi connectivity index (χ4n) is 1.37. The van der Waals surface area contributed by atoms with Gasteiger partial charge in [-0.15, -0.1) is 11.3 Å². The third-order valence-corrected chi connectivity index (χ3v) is 5.48. The van der Waals surface area contributed by atoms with Crippen LogP contribution in [0, 0.1) is 5.92 Å². The number of hydrogen-bond donors (Lipinski definition) is 3. The summed E-state index contributed by atoms with van der Waals surface area (Å²) in [5.74, 6) is -1.37. The molecular formula is C12H18N2O5S2. The second-order valence-electron chi connectivity index (χ2n) is 4.94. The average Bonchev–Trinajstić information content (AvgIpc) is 2.85. The first kappa shape index (κ1) is 17.6. The van der Waals surface area contributed by atoms with Gasteiger partial charge in [0, 0.05) is 11.9 Å². The lowest BCUT2D eigenvalue weighted by molar-refractivity contribution is -0.122. The second kappa shape index (κ2) is 7.01. The van der Waals surface area contributed by atoms with Crippen molar-refractivity contribution in [2.45, 2.75) is 31.0 Å². The number of hydrogen-bond acceptors (Lipinski definition) is 5. The van der Waals surface area contributed by atoms with Crippen LogP contribution < -0.4 is 10.0 Å². The van der Waals surface area contributed by atoms with Crippen LogP contribution in [0.4, 0.5) is 0 Å². The summed E-state index contributed by atoms with van der Waals surface area (Å²) < 4.78 is 26.2. The number of aromatic carboxylic acids is 1. The number of rotatable bonds is 7. The molecule has 1 aromatic rings. The Morgan fingerprint density at radius 2 is 1.95 bits per heavy atom.